The summed E-state index contributed by atoms with van der Waals surface area (Å²) < 4.78 is 2.45. The van der Waals surface area contributed by atoms with Crippen molar-refractivity contribution < 1.29 is 0 Å². The molecule has 4 heteroatoms. The summed E-state index contributed by atoms with van der Waals surface area (Å²) >= 11 is 2.10. The quantitative estimate of drug-likeness (QED) is 0.804. The summed E-state index contributed by atoms with van der Waals surface area (Å²) in [6.45, 7) is 6.30. The zero-order chi connectivity index (χ0) is 10.7. The second-order valence-corrected chi connectivity index (χ2v) is 4.83. The first-order valence-corrected chi connectivity index (χ1v) is 5.88. The van der Waals surface area contributed by atoms with Crippen molar-refractivity contribution in [3.05, 3.63) is 26.2 Å². The first kappa shape index (κ1) is 11.7. The van der Waals surface area contributed by atoms with Crippen LogP contribution in [0, 0.1) is 9.49 Å². The van der Waals surface area contributed by atoms with E-state index in [0.717, 1.165) is 9.99 Å². The van der Waals surface area contributed by atoms with Gasteiger partial charge in [0, 0.05) is 9.64 Å². The molecule has 2 atom stereocenters. The van der Waals surface area contributed by atoms with Gasteiger partial charge < -0.3 is 0 Å². The van der Waals surface area contributed by atoms with Crippen molar-refractivity contribution in [2.24, 2.45) is 5.92 Å². The molecule has 1 heterocycles. The van der Waals surface area contributed by atoms with Gasteiger partial charge in [-0.3, -0.25) is 4.79 Å². The van der Waals surface area contributed by atoms with Crippen molar-refractivity contribution in [1.82, 2.24) is 9.78 Å². The van der Waals surface area contributed by atoms with Gasteiger partial charge in [0.2, 0.25) is 0 Å². The molecule has 0 saturated carbocycles. The van der Waals surface area contributed by atoms with Crippen LogP contribution in [0.1, 0.15) is 33.2 Å². The fourth-order valence-corrected chi connectivity index (χ4v) is 1.67. The minimum atomic E-state index is -0.00954. The van der Waals surface area contributed by atoms with Crippen molar-refractivity contribution in [3.63, 3.8) is 0 Å². The normalized spacial score (nSPS) is 15.1. The van der Waals surface area contributed by atoms with E-state index in [0.29, 0.717) is 5.92 Å². The van der Waals surface area contributed by atoms with E-state index in [1.807, 2.05) is 6.92 Å². The lowest BCUT2D eigenvalue weighted by Crippen LogP contribution is -2.28. The molecule has 1 aromatic rings. The molecule has 0 bridgehead atoms. The predicted octanol–water partition coefficient (Wildman–Crippen LogP) is 2.46. The number of halogens is 1. The molecule has 0 radical (unpaired) electrons. The van der Waals surface area contributed by atoms with Gasteiger partial charge >= 0.3 is 0 Å². The largest absolute Gasteiger partial charge is 0.268 e. The summed E-state index contributed by atoms with van der Waals surface area (Å²) in [7, 11) is 0. The Morgan fingerprint density at radius 2 is 2.21 bits per heavy atom. The van der Waals surface area contributed by atoms with Gasteiger partial charge in [-0.1, -0.05) is 20.3 Å². The first-order chi connectivity index (χ1) is 6.56. The molecule has 1 aromatic heterocycles. The Morgan fingerprint density at radius 3 is 2.71 bits per heavy atom. The van der Waals surface area contributed by atoms with Gasteiger partial charge in [-0.25, -0.2) is 4.68 Å². The van der Waals surface area contributed by atoms with Crippen LogP contribution in [0.5, 0.6) is 0 Å². The predicted molar refractivity (Wildman–Crippen MR) is 65.4 cm³/mol. The van der Waals surface area contributed by atoms with Crippen LogP contribution in [0.2, 0.25) is 0 Å². The zero-order valence-corrected chi connectivity index (χ0v) is 10.9. The van der Waals surface area contributed by atoms with E-state index in [-0.39, 0.29) is 11.6 Å². The van der Waals surface area contributed by atoms with Crippen LogP contribution in [0.25, 0.3) is 0 Å². The molecule has 0 N–H and O–H groups in total. The zero-order valence-electron chi connectivity index (χ0n) is 8.70. The van der Waals surface area contributed by atoms with Crippen molar-refractivity contribution in [3.8, 4) is 0 Å². The Bertz CT molecular complexity index is 361. The molecule has 0 saturated heterocycles. The van der Waals surface area contributed by atoms with Crippen molar-refractivity contribution in [2.75, 3.05) is 0 Å². The molecule has 0 aliphatic heterocycles. The minimum Gasteiger partial charge on any atom is -0.268 e. The lowest BCUT2D eigenvalue weighted by atomic mass is 10.0. The summed E-state index contributed by atoms with van der Waals surface area (Å²) in [6.07, 6.45) is 2.78. The summed E-state index contributed by atoms with van der Waals surface area (Å²) in [5.74, 6) is 0.472. The van der Waals surface area contributed by atoms with E-state index in [2.05, 4.69) is 41.5 Å². The average Bonchev–Trinajstić information content (AvgIpc) is 2.15. The van der Waals surface area contributed by atoms with Crippen molar-refractivity contribution in [1.29, 1.82) is 0 Å². The maximum absolute atomic E-state index is 11.6. The summed E-state index contributed by atoms with van der Waals surface area (Å²) in [4.78, 5) is 11.6. The van der Waals surface area contributed by atoms with Crippen molar-refractivity contribution in [2.45, 2.75) is 33.2 Å². The van der Waals surface area contributed by atoms with E-state index in [1.54, 1.807) is 16.9 Å². The van der Waals surface area contributed by atoms with Gasteiger partial charge in [0.1, 0.15) is 0 Å². The highest BCUT2D eigenvalue weighted by Gasteiger charge is 2.14. The highest BCUT2D eigenvalue weighted by molar-refractivity contribution is 14.1. The third-order valence-electron chi connectivity index (χ3n) is 2.65. The minimum absolute atomic E-state index is 0.00954. The molecule has 14 heavy (non-hydrogen) atoms. The average molecular weight is 306 g/mol. The van der Waals surface area contributed by atoms with E-state index in [9.17, 15) is 4.79 Å². The van der Waals surface area contributed by atoms with Gasteiger partial charge in [-0.05, 0) is 35.4 Å². The molecular weight excluding hydrogens is 291 g/mol. The van der Waals surface area contributed by atoms with Crippen LogP contribution < -0.4 is 5.56 Å². The van der Waals surface area contributed by atoms with Gasteiger partial charge in [-0.15, -0.1) is 0 Å². The lowest BCUT2D eigenvalue weighted by molar-refractivity contribution is 0.330. The highest BCUT2D eigenvalue weighted by Crippen LogP contribution is 2.17. The number of aromatic nitrogens is 2. The number of hydrogen-bond acceptors (Lipinski definition) is 2. The molecule has 0 fully saturated rings. The molecule has 78 valence electrons. The maximum atomic E-state index is 11.6. The molecular formula is C10H15IN2O. The fraction of sp³-hybridized carbons (Fsp3) is 0.600. The SMILES string of the molecule is CCC(C)C(C)n1ncc(I)cc1=O. The van der Waals surface area contributed by atoms with Crippen LogP contribution in [0.15, 0.2) is 17.1 Å². The fourth-order valence-electron chi connectivity index (χ4n) is 1.28. The lowest BCUT2D eigenvalue weighted by Gasteiger charge is -2.19. The topological polar surface area (TPSA) is 34.9 Å². The highest BCUT2D eigenvalue weighted by atomic mass is 127. The van der Waals surface area contributed by atoms with E-state index < -0.39 is 0 Å². The molecule has 3 nitrogen and oxygen atoms in total. The van der Waals surface area contributed by atoms with E-state index in [4.69, 9.17) is 0 Å². The smallest absolute Gasteiger partial charge is 0.268 e. The van der Waals surface area contributed by atoms with Crippen LogP contribution in [-0.2, 0) is 0 Å². The third kappa shape index (κ3) is 2.56. The summed E-state index contributed by atoms with van der Waals surface area (Å²) in [6, 6.07) is 1.79. The number of nitrogens with zero attached hydrogens (tertiary/aromatic N) is 2. The third-order valence-corrected chi connectivity index (χ3v) is 3.24. The second-order valence-electron chi connectivity index (χ2n) is 3.58. The Hall–Kier alpha value is -0.390. The maximum Gasteiger partial charge on any atom is 0.268 e. The number of hydrogen-bond donors (Lipinski definition) is 0. The standard InChI is InChI=1S/C10H15IN2O/c1-4-7(2)8(3)13-10(14)5-9(11)6-12-13/h5-8H,4H2,1-3H3. The van der Waals surface area contributed by atoms with Crippen LogP contribution in [-0.4, -0.2) is 9.78 Å². The van der Waals surface area contributed by atoms with Gasteiger partial charge in [0.05, 0.1) is 12.2 Å². The number of rotatable bonds is 3. The monoisotopic (exact) mass is 306 g/mol. The van der Waals surface area contributed by atoms with Crippen LogP contribution in [0.3, 0.4) is 0 Å². The van der Waals surface area contributed by atoms with E-state index in [1.165, 1.54) is 0 Å². The Labute approximate surface area is 97.7 Å². The summed E-state index contributed by atoms with van der Waals surface area (Å²) in [5.41, 5.74) is -0.00954. The van der Waals surface area contributed by atoms with E-state index >= 15 is 0 Å². The molecule has 1 rings (SSSR count). The Morgan fingerprint density at radius 1 is 1.57 bits per heavy atom. The molecule has 2 unspecified atom stereocenters. The Kier molecular flexibility index (Phi) is 4.10. The molecule has 0 spiro atoms. The Balaban J connectivity index is 3.02. The second kappa shape index (κ2) is 4.91. The van der Waals surface area contributed by atoms with Crippen LogP contribution in [0.4, 0.5) is 0 Å². The van der Waals surface area contributed by atoms with Gasteiger partial charge in [-0.2, -0.15) is 5.10 Å². The van der Waals surface area contributed by atoms with Gasteiger partial charge in [0.15, 0.2) is 0 Å². The molecule has 0 aliphatic rings. The molecule has 0 aliphatic carbocycles. The van der Waals surface area contributed by atoms with Gasteiger partial charge in [0.25, 0.3) is 5.56 Å². The first-order valence-electron chi connectivity index (χ1n) is 4.80. The summed E-state index contributed by atoms with van der Waals surface area (Å²) in [5, 5.41) is 4.14. The van der Waals surface area contributed by atoms with Crippen molar-refractivity contribution >= 4 is 22.6 Å². The molecule has 0 aromatic carbocycles. The molecule has 0 amide bonds. The van der Waals surface area contributed by atoms with Crippen LogP contribution >= 0.6 is 22.6 Å².